The van der Waals surface area contributed by atoms with Crippen molar-refractivity contribution in [1.29, 1.82) is 0 Å². The number of hydrogen-bond donors (Lipinski definition) is 2. The lowest BCUT2D eigenvalue weighted by Crippen LogP contribution is -2.45. The normalized spacial score (nSPS) is 22.1. The van der Waals surface area contributed by atoms with Gasteiger partial charge in [-0.3, -0.25) is 4.79 Å². The number of aromatic amines is 1. The molecule has 0 saturated carbocycles. The third-order valence-corrected chi connectivity index (χ3v) is 12.0. The number of piperidine rings is 1. The zero-order valence-corrected chi connectivity index (χ0v) is 27.4. The topological polar surface area (TPSA) is 85.5 Å². The summed E-state index contributed by atoms with van der Waals surface area (Å²) in [7, 11) is -3.15. The molecule has 3 aliphatic heterocycles. The first-order chi connectivity index (χ1) is 19.9. The number of aromatic nitrogens is 1. The Morgan fingerprint density at radius 2 is 1.62 bits per heavy atom. The van der Waals surface area contributed by atoms with Gasteiger partial charge in [-0.2, -0.15) is 0 Å². The summed E-state index contributed by atoms with van der Waals surface area (Å²) in [5.74, 6) is 0.687. The van der Waals surface area contributed by atoms with Crippen LogP contribution in [-0.2, 0) is 26.7 Å². The van der Waals surface area contributed by atoms with E-state index >= 15 is 0 Å². The number of H-pyrrole nitrogens is 1. The molecular weight excluding hydrogens is 565 g/mol. The molecule has 0 radical (unpaired) electrons. The Hall–Kier alpha value is -2.20. The largest absolute Gasteiger partial charge is 0.346 e. The van der Waals surface area contributed by atoms with Crippen LogP contribution in [0.15, 0.2) is 24.3 Å². The summed E-state index contributed by atoms with van der Waals surface area (Å²) in [5.41, 5.74) is 5.72. The van der Waals surface area contributed by atoms with E-state index in [2.05, 4.69) is 71.5 Å². The lowest BCUT2D eigenvalue weighted by Gasteiger charge is -2.32. The third kappa shape index (κ3) is 5.94. The van der Waals surface area contributed by atoms with Crippen LogP contribution in [-0.4, -0.2) is 73.6 Å². The standard InChI is InChI=1S/C33H46N4O3S2/c1-21-16-22(2)18-24(17-21)30-27(12-15-36-13-10-23(11-14-36)20-34-42(5,39)40)28-19-29(41-31(28)35-30)33(3,4)32(38)37-25-6-7-26(37)9-8-25/h16-19,23,25-26,34-35H,6-15,20H2,1-5H3. The van der Waals surface area contributed by atoms with Crippen molar-refractivity contribution in [3.8, 4) is 11.3 Å². The molecule has 5 heterocycles. The highest BCUT2D eigenvalue weighted by molar-refractivity contribution is 7.88. The van der Waals surface area contributed by atoms with Crippen LogP contribution in [0.4, 0.5) is 0 Å². The molecule has 3 saturated heterocycles. The van der Waals surface area contributed by atoms with Crippen molar-refractivity contribution < 1.29 is 13.2 Å². The van der Waals surface area contributed by atoms with Crippen LogP contribution < -0.4 is 4.72 Å². The van der Waals surface area contributed by atoms with E-state index in [1.54, 1.807) is 11.3 Å². The molecule has 3 fully saturated rings. The van der Waals surface area contributed by atoms with Gasteiger partial charge in [-0.15, -0.1) is 11.3 Å². The zero-order valence-electron chi connectivity index (χ0n) is 25.8. The molecule has 0 unspecified atom stereocenters. The van der Waals surface area contributed by atoms with Gasteiger partial charge in [0, 0.05) is 35.4 Å². The summed E-state index contributed by atoms with van der Waals surface area (Å²) >= 11 is 1.75. The Kier molecular flexibility index (Phi) is 8.09. The molecule has 3 aliphatic rings. The molecule has 9 heteroatoms. The van der Waals surface area contributed by atoms with Gasteiger partial charge >= 0.3 is 0 Å². The van der Waals surface area contributed by atoms with Crippen LogP contribution in [0.1, 0.15) is 73.9 Å². The van der Waals surface area contributed by atoms with Crippen molar-refractivity contribution >= 4 is 37.5 Å². The lowest BCUT2D eigenvalue weighted by atomic mass is 9.88. The maximum absolute atomic E-state index is 13.9. The number of amides is 1. The first-order valence-corrected chi connectivity index (χ1v) is 18.3. The van der Waals surface area contributed by atoms with Gasteiger partial charge in [-0.1, -0.05) is 17.2 Å². The summed E-state index contributed by atoms with van der Waals surface area (Å²) in [6, 6.07) is 9.92. The number of hydrogen-bond acceptors (Lipinski definition) is 5. The van der Waals surface area contributed by atoms with E-state index in [4.69, 9.17) is 0 Å². The van der Waals surface area contributed by atoms with E-state index in [1.807, 2.05) is 0 Å². The number of nitrogens with zero attached hydrogens (tertiary/aromatic N) is 2. The van der Waals surface area contributed by atoms with E-state index in [0.717, 1.165) is 74.3 Å². The van der Waals surface area contributed by atoms with Crippen LogP contribution in [0.25, 0.3) is 21.5 Å². The van der Waals surface area contributed by atoms with E-state index in [-0.39, 0.29) is 0 Å². The van der Waals surface area contributed by atoms with Crippen LogP contribution in [0.2, 0.25) is 0 Å². The molecule has 6 rings (SSSR count). The van der Waals surface area contributed by atoms with Crippen molar-refractivity contribution in [1.82, 2.24) is 19.5 Å². The highest BCUT2D eigenvalue weighted by atomic mass is 32.2. The monoisotopic (exact) mass is 610 g/mol. The van der Waals surface area contributed by atoms with E-state index in [1.165, 1.54) is 39.6 Å². The van der Waals surface area contributed by atoms with Gasteiger partial charge < -0.3 is 14.8 Å². The van der Waals surface area contributed by atoms with Crippen LogP contribution in [0.5, 0.6) is 0 Å². The molecule has 0 spiro atoms. The number of sulfonamides is 1. The number of carbonyl (C=O) groups is 1. The predicted molar refractivity (Wildman–Crippen MR) is 173 cm³/mol. The molecule has 0 atom stereocenters. The van der Waals surface area contributed by atoms with Gasteiger partial charge in [-0.25, -0.2) is 13.1 Å². The first kappa shape index (κ1) is 29.9. The summed E-state index contributed by atoms with van der Waals surface area (Å²) in [4.78, 5) is 24.8. The molecule has 1 amide bonds. The number of carbonyl (C=O) groups excluding carboxylic acids is 1. The molecule has 3 aromatic rings. The van der Waals surface area contributed by atoms with Crippen molar-refractivity contribution in [3.63, 3.8) is 0 Å². The molecule has 2 N–H and O–H groups in total. The van der Waals surface area contributed by atoms with Crippen molar-refractivity contribution in [2.75, 3.05) is 32.4 Å². The maximum Gasteiger partial charge on any atom is 0.233 e. The number of likely N-dealkylation sites (tertiary alicyclic amines) is 1. The maximum atomic E-state index is 13.9. The lowest BCUT2D eigenvalue weighted by molar-refractivity contribution is -0.137. The van der Waals surface area contributed by atoms with Crippen molar-refractivity contribution in [2.45, 2.75) is 90.1 Å². The molecule has 2 aromatic heterocycles. The second kappa shape index (κ2) is 11.4. The second-order valence-corrected chi connectivity index (χ2v) is 16.5. The Bertz CT molecular complexity index is 1540. The highest BCUT2D eigenvalue weighted by Crippen LogP contribution is 2.44. The molecule has 1 aromatic carbocycles. The van der Waals surface area contributed by atoms with Gasteiger partial charge in [0.2, 0.25) is 15.9 Å². The number of rotatable bonds is 9. The number of fused-ring (bicyclic) bond motifs is 3. The number of aryl methyl sites for hydroxylation is 2. The van der Waals surface area contributed by atoms with Gasteiger partial charge in [0.15, 0.2) is 0 Å². The predicted octanol–water partition coefficient (Wildman–Crippen LogP) is 5.75. The molecule has 7 nitrogen and oxygen atoms in total. The second-order valence-electron chi connectivity index (χ2n) is 13.7. The summed E-state index contributed by atoms with van der Waals surface area (Å²) < 4.78 is 25.7. The smallest absolute Gasteiger partial charge is 0.233 e. The Morgan fingerprint density at radius 1 is 1.00 bits per heavy atom. The quantitative estimate of drug-likeness (QED) is 0.323. The number of thiophene rings is 1. The minimum atomic E-state index is -3.15. The van der Waals surface area contributed by atoms with E-state index < -0.39 is 15.4 Å². The fraction of sp³-hybridized carbons (Fsp3) is 0.606. The molecule has 228 valence electrons. The fourth-order valence-corrected chi connectivity index (χ4v) is 9.31. The van der Waals surface area contributed by atoms with E-state index in [0.29, 0.717) is 30.5 Å². The Morgan fingerprint density at radius 3 is 2.21 bits per heavy atom. The van der Waals surface area contributed by atoms with Crippen molar-refractivity contribution in [3.05, 3.63) is 45.8 Å². The zero-order chi connectivity index (χ0) is 29.8. The van der Waals surface area contributed by atoms with Crippen LogP contribution in [0.3, 0.4) is 0 Å². The summed E-state index contributed by atoms with van der Waals surface area (Å²) in [6.45, 7) is 12.0. The van der Waals surface area contributed by atoms with Crippen molar-refractivity contribution in [2.24, 2.45) is 5.92 Å². The van der Waals surface area contributed by atoms with Gasteiger partial charge in [0.05, 0.1) is 17.4 Å². The summed E-state index contributed by atoms with van der Waals surface area (Å²) in [6.07, 6.45) is 8.81. The van der Waals surface area contributed by atoms with Crippen LogP contribution >= 0.6 is 11.3 Å². The Balaban J connectivity index is 1.25. The van der Waals surface area contributed by atoms with Gasteiger partial charge in [-0.05, 0) is 121 Å². The average Bonchev–Trinajstić information content (AvgIpc) is 3.70. The first-order valence-electron chi connectivity index (χ1n) is 15.6. The molecule has 0 aliphatic carbocycles. The Labute approximate surface area is 255 Å². The van der Waals surface area contributed by atoms with Gasteiger partial charge in [0.1, 0.15) is 4.83 Å². The fourth-order valence-electron chi connectivity index (χ4n) is 7.59. The van der Waals surface area contributed by atoms with Crippen LogP contribution in [0, 0.1) is 19.8 Å². The molecule has 42 heavy (non-hydrogen) atoms. The number of nitrogens with one attached hydrogen (secondary N) is 2. The van der Waals surface area contributed by atoms with E-state index in [9.17, 15) is 13.2 Å². The molecular formula is C33H46N4O3S2. The number of benzene rings is 1. The molecule has 2 bridgehead atoms. The SMILES string of the molecule is Cc1cc(C)cc(-c2[nH]c3sc(C(C)(C)C(=O)N4C5CCC4CC5)cc3c2CCN2CCC(CNS(C)(=O)=O)CC2)c1. The third-order valence-electron chi connectivity index (χ3n) is 9.97. The highest BCUT2D eigenvalue weighted by Gasteiger charge is 2.47. The average molecular weight is 611 g/mol. The minimum absolute atomic E-state index is 0.292. The summed E-state index contributed by atoms with van der Waals surface area (Å²) in [5, 5.41) is 1.25. The minimum Gasteiger partial charge on any atom is -0.346 e. The van der Waals surface area contributed by atoms with Gasteiger partial charge in [0.25, 0.3) is 0 Å².